The Kier molecular flexibility index (Phi) is 4.14. The highest BCUT2D eigenvalue weighted by atomic mass is 16.4. The van der Waals surface area contributed by atoms with Gasteiger partial charge in [0.2, 0.25) is 0 Å². The summed E-state index contributed by atoms with van der Waals surface area (Å²) in [6.07, 6.45) is -1.33. The van der Waals surface area contributed by atoms with Gasteiger partial charge in [-0.15, -0.1) is 0 Å². The van der Waals surface area contributed by atoms with Gasteiger partial charge in [0, 0.05) is 6.54 Å². The predicted octanol–water partition coefficient (Wildman–Crippen LogP) is 1.72. The Morgan fingerprint density at radius 3 is 1.92 bits per heavy atom. The molecule has 2 atom stereocenters. The number of aliphatic hydroxyl groups excluding tert-OH is 1. The number of benzene rings is 2. The van der Waals surface area contributed by atoms with Crippen molar-refractivity contribution < 1.29 is 24.6 Å². The lowest BCUT2D eigenvalue weighted by atomic mass is 9.95. The van der Waals surface area contributed by atoms with Crippen molar-refractivity contribution in [3.63, 3.8) is 0 Å². The van der Waals surface area contributed by atoms with Crippen LogP contribution in [0.2, 0.25) is 0 Å². The van der Waals surface area contributed by atoms with Crippen molar-refractivity contribution in [1.82, 2.24) is 4.90 Å². The summed E-state index contributed by atoms with van der Waals surface area (Å²) in [5, 5.41) is 19.8. The number of aliphatic hydroxyl groups is 1. The maximum absolute atomic E-state index is 12.4. The van der Waals surface area contributed by atoms with Gasteiger partial charge >= 0.3 is 5.97 Å². The van der Waals surface area contributed by atoms with E-state index in [1.165, 1.54) is 12.1 Å². The van der Waals surface area contributed by atoms with Crippen LogP contribution in [0, 0.1) is 5.92 Å². The van der Waals surface area contributed by atoms with E-state index in [-0.39, 0.29) is 11.1 Å². The molecule has 1 aliphatic heterocycles. The first-order valence-electron chi connectivity index (χ1n) is 7.41. The monoisotopic (exact) mass is 325 g/mol. The number of hydrogen-bond donors (Lipinski definition) is 2. The minimum absolute atomic E-state index is 0.251. The molecule has 0 saturated heterocycles. The first kappa shape index (κ1) is 15.9. The molecule has 0 aromatic heterocycles. The summed E-state index contributed by atoms with van der Waals surface area (Å²) in [5.74, 6) is -3.67. The van der Waals surface area contributed by atoms with E-state index >= 15 is 0 Å². The van der Waals surface area contributed by atoms with E-state index < -0.39 is 36.4 Å². The van der Waals surface area contributed by atoms with Crippen LogP contribution in [0.4, 0.5) is 0 Å². The molecule has 1 heterocycles. The Morgan fingerprint density at radius 1 is 0.917 bits per heavy atom. The molecule has 0 aliphatic carbocycles. The molecule has 2 aromatic carbocycles. The summed E-state index contributed by atoms with van der Waals surface area (Å²) in [6, 6.07) is 14.6. The summed E-state index contributed by atoms with van der Waals surface area (Å²) in [6.45, 7) is -0.391. The Bertz CT molecular complexity index is 767. The highest BCUT2D eigenvalue weighted by molar-refractivity contribution is 6.21. The largest absolute Gasteiger partial charge is 0.481 e. The van der Waals surface area contributed by atoms with Gasteiger partial charge in [0.25, 0.3) is 11.8 Å². The lowest BCUT2D eigenvalue weighted by Gasteiger charge is -2.23. The third-order valence-corrected chi connectivity index (χ3v) is 4.10. The summed E-state index contributed by atoms with van der Waals surface area (Å²) in [4.78, 5) is 37.2. The third-order valence-electron chi connectivity index (χ3n) is 4.10. The molecule has 2 aromatic rings. The molecule has 2 unspecified atom stereocenters. The van der Waals surface area contributed by atoms with Crippen LogP contribution in [0.1, 0.15) is 32.4 Å². The number of carbonyl (C=O) groups is 3. The second-order valence-corrected chi connectivity index (χ2v) is 5.57. The second kappa shape index (κ2) is 6.25. The number of carboxylic acid groups (broad SMARTS) is 1. The van der Waals surface area contributed by atoms with Crippen molar-refractivity contribution in [2.24, 2.45) is 5.92 Å². The molecule has 0 radical (unpaired) electrons. The number of carboxylic acids is 1. The standard InChI is InChI=1S/C18H15NO5/c20-15(11-6-2-1-3-7-11)14(18(23)24)10-19-16(21)12-8-4-5-9-13(12)17(19)22/h1-9,14-15,20H,10H2,(H,23,24). The number of carbonyl (C=O) groups excluding carboxylic acids is 2. The fraction of sp³-hybridized carbons (Fsp3) is 0.167. The molecule has 0 spiro atoms. The molecule has 0 fully saturated rings. The number of imide groups is 1. The van der Waals surface area contributed by atoms with Crippen molar-refractivity contribution >= 4 is 17.8 Å². The molecule has 2 N–H and O–H groups in total. The normalized spacial score (nSPS) is 16.0. The molecule has 0 bridgehead atoms. The Hall–Kier alpha value is -2.99. The second-order valence-electron chi connectivity index (χ2n) is 5.57. The summed E-state index contributed by atoms with van der Waals surface area (Å²) in [5.41, 5.74) is 0.920. The number of fused-ring (bicyclic) bond motifs is 1. The first-order chi connectivity index (χ1) is 11.5. The quantitative estimate of drug-likeness (QED) is 0.816. The summed E-state index contributed by atoms with van der Waals surface area (Å²) in [7, 11) is 0. The van der Waals surface area contributed by atoms with Crippen LogP contribution in [0.15, 0.2) is 54.6 Å². The number of aliphatic carboxylic acids is 1. The molecule has 1 aliphatic rings. The number of rotatable bonds is 5. The molecular formula is C18H15NO5. The van der Waals surface area contributed by atoms with E-state index in [1.807, 2.05) is 0 Å². The maximum Gasteiger partial charge on any atom is 0.311 e. The number of hydrogen-bond acceptors (Lipinski definition) is 4. The minimum atomic E-state index is -1.33. The molecule has 3 rings (SSSR count). The Balaban J connectivity index is 1.87. The van der Waals surface area contributed by atoms with E-state index in [1.54, 1.807) is 42.5 Å². The molecule has 122 valence electrons. The van der Waals surface area contributed by atoms with Crippen molar-refractivity contribution in [3.05, 3.63) is 71.3 Å². The fourth-order valence-corrected chi connectivity index (χ4v) is 2.80. The van der Waals surface area contributed by atoms with Crippen LogP contribution in [0.5, 0.6) is 0 Å². The van der Waals surface area contributed by atoms with Crippen LogP contribution < -0.4 is 0 Å². The maximum atomic E-state index is 12.4. The van der Waals surface area contributed by atoms with Crippen LogP contribution >= 0.6 is 0 Å². The average molecular weight is 325 g/mol. The third kappa shape index (κ3) is 2.68. The Labute approximate surface area is 138 Å². The molecule has 2 amide bonds. The van der Waals surface area contributed by atoms with Crippen molar-refractivity contribution in [2.45, 2.75) is 6.10 Å². The average Bonchev–Trinajstić information content (AvgIpc) is 2.84. The van der Waals surface area contributed by atoms with Crippen molar-refractivity contribution in [2.75, 3.05) is 6.54 Å². The van der Waals surface area contributed by atoms with Gasteiger partial charge in [-0.1, -0.05) is 42.5 Å². The van der Waals surface area contributed by atoms with Crippen LogP contribution in [-0.4, -0.2) is 39.4 Å². The molecular weight excluding hydrogens is 310 g/mol. The van der Waals surface area contributed by atoms with Crippen molar-refractivity contribution in [3.8, 4) is 0 Å². The van der Waals surface area contributed by atoms with Crippen LogP contribution in [-0.2, 0) is 4.79 Å². The van der Waals surface area contributed by atoms with E-state index in [9.17, 15) is 24.6 Å². The van der Waals surface area contributed by atoms with Gasteiger partial charge in [-0.2, -0.15) is 0 Å². The SMILES string of the molecule is O=C(O)C(CN1C(=O)c2ccccc2C1=O)C(O)c1ccccc1. The van der Waals surface area contributed by atoms with Gasteiger partial charge in [0.1, 0.15) is 5.92 Å². The number of amides is 2. The van der Waals surface area contributed by atoms with E-state index in [0.717, 1.165) is 4.90 Å². The van der Waals surface area contributed by atoms with Gasteiger partial charge in [-0.3, -0.25) is 19.3 Å². The first-order valence-corrected chi connectivity index (χ1v) is 7.41. The zero-order chi connectivity index (χ0) is 17.3. The molecule has 6 nitrogen and oxygen atoms in total. The number of nitrogens with zero attached hydrogens (tertiary/aromatic N) is 1. The summed E-state index contributed by atoms with van der Waals surface area (Å²) >= 11 is 0. The van der Waals surface area contributed by atoms with Gasteiger partial charge in [0.05, 0.1) is 17.2 Å². The van der Waals surface area contributed by atoms with Gasteiger partial charge in [-0.25, -0.2) is 0 Å². The highest BCUT2D eigenvalue weighted by Crippen LogP contribution is 2.28. The lowest BCUT2D eigenvalue weighted by molar-refractivity contribution is -0.146. The Morgan fingerprint density at radius 2 is 1.42 bits per heavy atom. The van der Waals surface area contributed by atoms with Crippen LogP contribution in [0.25, 0.3) is 0 Å². The van der Waals surface area contributed by atoms with Gasteiger partial charge in [0.15, 0.2) is 0 Å². The van der Waals surface area contributed by atoms with Gasteiger partial charge in [-0.05, 0) is 17.7 Å². The van der Waals surface area contributed by atoms with Gasteiger partial charge < -0.3 is 10.2 Å². The lowest BCUT2D eigenvalue weighted by Crippen LogP contribution is -2.39. The zero-order valence-electron chi connectivity index (χ0n) is 12.6. The summed E-state index contributed by atoms with van der Waals surface area (Å²) < 4.78 is 0. The molecule has 6 heteroatoms. The topological polar surface area (TPSA) is 94.9 Å². The molecule has 0 saturated carbocycles. The minimum Gasteiger partial charge on any atom is -0.481 e. The van der Waals surface area contributed by atoms with Crippen molar-refractivity contribution in [1.29, 1.82) is 0 Å². The molecule has 24 heavy (non-hydrogen) atoms. The smallest absolute Gasteiger partial charge is 0.311 e. The van der Waals surface area contributed by atoms with E-state index in [4.69, 9.17) is 0 Å². The predicted molar refractivity (Wildman–Crippen MR) is 84.3 cm³/mol. The van der Waals surface area contributed by atoms with Crippen LogP contribution in [0.3, 0.4) is 0 Å². The zero-order valence-corrected chi connectivity index (χ0v) is 12.6. The van der Waals surface area contributed by atoms with E-state index in [2.05, 4.69) is 0 Å². The van der Waals surface area contributed by atoms with E-state index in [0.29, 0.717) is 5.56 Å². The highest BCUT2D eigenvalue weighted by Gasteiger charge is 2.40. The fourth-order valence-electron chi connectivity index (χ4n) is 2.80.